The Morgan fingerprint density at radius 3 is 2.88 bits per heavy atom. The van der Waals surface area contributed by atoms with E-state index in [2.05, 4.69) is 5.32 Å². The fraction of sp³-hybridized carbons (Fsp3) is 0.316. The molecule has 0 aromatic heterocycles. The standard InChI is InChI=1S/C19H19NO4S/c21-19(14-7-8-17-13(12-14)9-10-24-17)20-16-5-3-11-25(22,23)18-6-2-1-4-15(16)18/h1-2,4,6-8,12,16H,3,5,9-11H2,(H,20,21). The summed E-state index contributed by atoms with van der Waals surface area (Å²) in [5.74, 6) is 0.767. The first-order valence-corrected chi connectivity index (χ1v) is 10.1. The van der Waals surface area contributed by atoms with Gasteiger partial charge in [0.15, 0.2) is 9.84 Å². The first-order chi connectivity index (χ1) is 12.0. The summed E-state index contributed by atoms with van der Waals surface area (Å²) in [5, 5.41) is 3.02. The van der Waals surface area contributed by atoms with Crippen molar-refractivity contribution < 1.29 is 17.9 Å². The maximum absolute atomic E-state index is 12.7. The number of nitrogens with one attached hydrogen (secondary N) is 1. The number of amides is 1. The number of hydrogen-bond acceptors (Lipinski definition) is 4. The Morgan fingerprint density at radius 2 is 2.00 bits per heavy atom. The highest BCUT2D eigenvalue weighted by Crippen LogP contribution is 2.31. The Kier molecular flexibility index (Phi) is 4.00. The molecule has 0 saturated heterocycles. The highest BCUT2D eigenvalue weighted by Gasteiger charge is 2.28. The van der Waals surface area contributed by atoms with Gasteiger partial charge in [0.2, 0.25) is 0 Å². The van der Waals surface area contributed by atoms with Crippen LogP contribution in [0.2, 0.25) is 0 Å². The van der Waals surface area contributed by atoms with Crippen molar-refractivity contribution in [3.8, 4) is 5.75 Å². The molecule has 1 atom stereocenters. The number of ether oxygens (including phenoxy) is 1. The van der Waals surface area contributed by atoms with Crippen LogP contribution >= 0.6 is 0 Å². The fourth-order valence-corrected chi connectivity index (χ4v) is 5.14. The van der Waals surface area contributed by atoms with E-state index in [0.29, 0.717) is 35.5 Å². The van der Waals surface area contributed by atoms with Crippen LogP contribution < -0.4 is 10.1 Å². The van der Waals surface area contributed by atoms with Crippen LogP contribution in [0.4, 0.5) is 0 Å². The smallest absolute Gasteiger partial charge is 0.251 e. The van der Waals surface area contributed by atoms with Crippen molar-refractivity contribution in [3.63, 3.8) is 0 Å². The van der Waals surface area contributed by atoms with E-state index in [4.69, 9.17) is 4.74 Å². The average Bonchev–Trinajstić information content (AvgIpc) is 3.03. The van der Waals surface area contributed by atoms with Gasteiger partial charge in [0.25, 0.3) is 5.91 Å². The quantitative estimate of drug-likeness (QED) is 0.897. The lowest BCUT2D eigenvalue weighted by Gasteiger charge is -2.19. The summed E-state index contributed by atoms with van der Waals surface area (Å²) >= 11 is 0. The first-order valence-electron chi connectivity index (χ1n) is 8.43. The van der Waals surface area contributed by atoms with Gasteiger partial charge in [0.1, 0.15) is 5.75 Å². The van der Waals surface area contributed by atoms with Crippen LogP contribution in [-0.4, -0.2) is 26.7 Å². The van der Waals surface area contributed by atoms with E-state index in [-0.39, 0.29) is 17.7 Å². The van der Waals surface area contributed by atoms with Gasteiger partial charge in [-0.15, -0.1) is 0 Å². The van der Waals surface area contributed by atoms with E-state index in [1.54, 1.807) is 24.3 Å². The molecule has 6 heteroatoms. The number of sulfone groups is 1. The van der Waals surface area contributed by atoms with Gasteiger partial charge in [-0.1, -0.05) is 18.2 Å². The molecule has 2 aliphatic heterocycles. The summed E-state index contributed by atoms with van der Waals surface area (Å²) in [5.41, 5.74) is 2.29. The Morgan fingerprint density at radius 1 is 1.16 bits per heavy atom. The molecule has 25 heavy (non-hydrogen) atoms. The molecule has 2 heterocycles. The van der Waals surface area contributed by atoms with Crippen LogP contribution in [-0.2, 0) is 16.3 Å². The molecule has 0 aliphatic carbocycles. The third-order valence-electron chi connectivity index (χ3n) is 4.79. The van der Waals surface area contributed by atoms with Gasteiger partial charge >= 0.3 is 0 Å². The second kappa shape index (κ2) is 6.19. The van der Waals surface area contributed by atoms with Gasteiger partial charge in [0.05, 0.1) is 23.3 Å². The maximum atomic E-state index is 12.7. The molecule has 1 N–H and O–H groups in total. The predicted molar refractivity (Wildman–Crippen MR) is 93.6 cm³/mol. The van der Waals surface area contributed by atoms with E-state index in [1.165, 1.54) is 0 Å². The van der Waals surface area contributed by atoms with Gasteiger partial charge in [-0.2, -0.15) is 0 Å². The molecule has 2 aromatic carbocycles. The highest BCUT2D eigenvalue weighted by molar-refractivity contribution is 7.91. The molecule has 0 bridgehead atoms. The first kappa shape index (κ1) is 16.1. The van der Waals surface area contributed by atoms with Crippen molar-refractivity contribution in [1.82, 2.24) is 5.32 Å². The Hall–Kier alpha value is -2.34. The van der Waals surface area contributed by atoms with Gasteiger partial charge in [-0.3, -0.25) is 4.79 Å². The van der Waals surface area contributed by atoms with Crippen LogP contribution in [0.1, 0.15) is 40.4 Å². The summed E-state index contributed by atoms with van der Waals surface area (Å²) in [6.45, 7) is 0.647. The molecular weight excluding hydrogens is 338 g/mol. The van der Waals surface area contributed by atoms with Crippen molar-refractivity contribution in [2.45, 2.75) is 30.2 Å². The minimum atomic E-state index is -3.29. The fourth-order valence-electron chi connectivity index (χ4n) is 3.51. The number of benzene rings is 2. The van der Waals surface area contributed by atoms with Crippen molar-refractivity contribution >= 4 is 15.7 Å². The molecule has 1 unspecified atom stereocenters. The van der Waals surface area contributed by atoms with Crippen LogP contribution in [0.5, 0.6) is 5.75 Å². The second-order valence-corrected chi connectivity index (χ2v) is 8.52. The van der Waals surface area contributed by atoms with Gasteiger partial charge < -0.3 is 10.1 Å². The van der Waals surface area contributed by atoms with Crippen LogP contribution in [0.15, 0.2) is 47.4 Å². The molecule has 4 rings (SSSR count). The molecular formula is C19H19NO4S. The molecule has 0 radical (unpaired) electrons. The zero-order valence-corrected chi connectivity index (χ0v) is 14.5. The van der Waals surface area contributed by atoms with Crippen molar-refractivity contribution in [2.75, 3.05) is 12.4 Å². The second-order valence-electron chi connectivity index (χ2n) is 6.45. The SMILES string of the molecule is O=C(NC1CCCS(=O)(=O)c2ccccc21)c1ccc2c(c1)CCO2. The lowest BCUT2D eigenvalue weighted by molar-refractivity contribution is 0.0934. The Bertz CT molecular complexity index is 936. The molecule has 5 nitrogen and oxygen atoms in total. The lowest BCUT2D eigenvalue weighted by atomic mass is 10.0. The third-order valence-corrected chi connectivity index (χ3v) is 6.66. The summed E-state index contributed by atoms with van der Waals surface area (Å²) in [4.78, 5) is 13.0. The zero-order chi connectivity index (χ0) is 17.4. The van der Waals surface area contributed by atoms with Crippen molar-refractivity contribution in [3.05, 3.63) is 59.2 Å². The van der Waals surface area contributed by atoms with E-state index in [1.807, 2.05) is 18.2 Å². The van der Waals surface area contributed by atoms with E-state index in [0.717, 1.165) is 17.7 Å². The monoisotopic (exact) mass is 357 g/mol. The molecule has 0 saturated carbocycles. The zero-order valence-electron chi connectivity index (χ0n) is 13.7. The predicted octanol–water partition coefficient (Wildman–Crippen LogP) is 2.66. The Balaban J connectivity index is 1.63. The summed E-state index contributed by atoms with van der Waals surface area (Å²) in [7, 11) is -3.29. The van der Waals surface area contributed by atoms with Crippen LogP contribution in [0.25, 0.3) is 0 Å². The van der Waals surface area contributed by atoms with E-state index in [9.17, 15) is 13.2 Å². The van der Waals surface area contributed by atoms with Crippen LogP contribution in [0, 0.1) is 0 Å². The van der Waals surface area contributed by atoms with E-state index >= 15 is 0 Å². The number of rotatable bonds is 2. The minimum absolute atomic E-state index is 0.118. The average molecular weight is 357 g/mol. The largest absolute Gasteiger partial charge is 0.493 e. The topological polar surface area (TPSA) is 72.5 Å². The third kappa shape index (κ3) is 3.02. The van der Waals surface area contributed by atoms with E-state index < -0.39 is 9.84 Å². The summed E-state index contributed by atoms with van der Waals surface area (Å²) in [6, 6.07) is 12.1. The molecule has 2 aliphatic rings. The van der Waals surface area contributed by atoms with Gasteiger partial charge in [-0.25, -0.2) is 8.42 Å². The maximum Gasteiger partial charge on any atom is 0.251 e. The molecule has 1 amide bonds. The number of carbonyl (C=O) groups is 1. The number of hydrogen-bond donors (Lipinski definition) is 1. The van der Waals surface area contributed by atoms with Crippen molar-refractivity contribution in [2.24, 2.45) is 0 Å². The molecule has 0 fully saturated rings. The number of fused-ring (bicyclic) bond motifs is 2. The normalized spacial score (nSPS) is 20.7. The van der Waals surface area contributed by atoms with Crippen LogP contribution in [0.3, 0.4) is 0 Å². The summed E-state index contributed by atoms with van der Waals surface area (Å²) in [6.07, 6.45) is 1.94. The van der Waals surface area contributed by atoms with Gasteiger partial charge in [-0.05, 0) is 48.2 Å². The van der Waals surface area contributed by atoms with Crippen molar-refractivity contribution in [1.29, 1.82) is 0 Å². The molecule has 130 valence electrons. The van der Waals surface area contributed by atoms with Gasteiger partial charge in [0, 0.05) is 12.0 Å². The lowest BCUT2D eigenvalue weighted by Crippen LogP contribution is -2.28. The molecule has 0 spiro atoms. The Labute approximate surface area is 146 Å². The molecule has 2 aromatic rings. The highest BCUT2D eigenvalue weighted by atomic mass is 32.2. The minimum Gasteiger partial charge on any atom is -0.493 e. The number of carbonyl (C=O) groups excluding carboxylic acids is 1. The summed E-state index contributed by atoms with van der Waals surface area (Å²) < 4.78 is 30.3.